The minimum absolute atomic E-state index is 0.0318. The minimum Gasteiger partial charge on any atom is -0.366 e. The van der Waals surface area contributed by atoms with Crippen LogP contribution in [0.25, 0.3) is 10.9 Å². The standard InChI is InChI=1S/C20H19BrN4O5S/c21-12-6-7-15-14(10-12)18(17(24-15)19(22)26)31(28,29)25-8-9-30-16(11-25)20(27)23-13-4-2-1-3-5-13/h1-7,10,16,24H,8-9,11H2,(H2,22,26)(H,23,27). The van der Waals surface area contributed by atoms with Crippen LogP contribution in [0.1, 0.15) is 10.5 Å². The molecule has 0 saturated carbocycles. The highest BCUT2D eigenvalue weighted by atomic mass is 79.9. The van der Waals surface area contributed by atoms with Gasteiger partial charge in [-0.1, -0.05) is 34.1 Å². The number of amides is 2. The number of H-pyrrole nitrogens is 1. The summed E-state index contributed by atoms with van der Waals surface area (Å²) in [4.78, 5) is 27.2. The first-order chi connectivity index (χ1) is 14.8. The average molecular weight is 507 g/mol. The van der Waals surface area contributed by atoms with Gasteiger partial charge in [0.15, 0.2) is 0 Å². The van der Waals surface area contributed by atoms with Crippen LogP contribution in [0.4, 0.5) is 5.69 Å². The number of aromatic nitrogens is 1. The van der Waals surface area contributed by atoms with Crippen LogP contribution < -0.4 is 11.1 Å². The molecule has 31 heavy (non-hydrogen) atoms. The van der Waals surface area contributed by atoms with E-state index in [1.807, 2.05) is 6.07 Å². The lowest BCUT2D eigenvalue weighted by Gasteiger charge is -2.31. The number of rotatable bonds is 5. The number of hydrogen-bond donors (Lipinski definition) is 3. The third-order valence-electron chi connectivity index (χ3n) is 4.92. The molecular formula is C20H19BrN4O5S. The van der Waals surface area contributed by atoms with Crippen molar-refractivity contribution >= 4 is 54.4 Å². The van der Waals surface area contributed by atoms with Gasteiger partial charge < -0.3 is 20.8 Å². The number of nitrogens with two attached hydrogens (primary N) is 1. The number of para-hydroxylation sites is 1. The summed E-state index contributed by atoms with van der Waals surface area (Å²) in [5.41, 5.74) is 6.28. The molecule has 1 aromatic heterocycles. The van der Waals surface area contributed by atoms with Crippen molar-refractivity contribution in [1.29, 1.82) is 0 Å². The molecule has 0 radical (unpaired) electrons. The van der Waals surface area contributed by atoms with Crippen molar-refractivity contribution < 1.29 is 22.7 Å². The Balaban J connectivity index is 1.66. The smallest absolute Gasteiger partial charge is 0.266 e. The number of fused-ring (bicyclic) bond motifs is 1. The zero-order chi connectivity index (χ0) is 22.2. The Hall–Kier alpha value is -2.73. The molecule has 1 unspecified atom stereocenters. The normalized spacial score (nSPS) is 17.5. The lowest BCUT2D eigenvalue weighted by Crippen LogP contribution is -2.50. The van der Waals surface area contributed by atoms with Crippen LogP contribution in [-0.2, 0) is 19.6 Å². The molecule has 1 fully saturated rings. The van der Waals surface area contributed by atoms with Crippen LogP contribution in [0.2, 0.25) is 0 Å². The molecule has 1 aliphatic heterocycles. The predicted molar refractivity (Wildman–Crippen MR) is 118 cm³/mol. The fourth-order valence-electron chi connectivity index (χ4n) is 3.46. The molecule has 4 rings (SSSR count). The van der Waals surface area contributed by atoms with Crippen LogP contribution >= 0.6 is 15.9 Å². The first-order valence-electron chi connectivity index (χ1n) is 9.36. The molecule has 11 heteroatoms. The fourth-order valence-corrected chi connectivity index (χ4v) is 5.58. The number of carbonyl (C=O) groups excluding carboxylic acids is 2. The van der Waals surface area contributed by atoms with Crippen molar-refractivity contribution in [3.63, 3.8) is 0 Å². The van der Waals surface area contributed by atoms with Gasteiger partial charge in [-0.05, 0) is 30.3 Å². The molecule has 0 bridgehead atoms. The van der Waals surface area contributed by atoms with E-state index in [-0.39, 0.29) is 30.3 Å². The van der Waals surface area contributed by atoms with Crippen molar-refractivity contribution in [2.24, 2.45) is 5.73 Å². The largest absolute Gasteiger partial charge is 0.366 e. The number of ether oxygens (including phenoxy) is 1. The third-order valence-corrected chi connectivity index (χ3v) is 7.36. The zero-order valence-electron chi connectivity index (χ0n) is 16.2. The monoisotopic (exact) mass is 506 g/mol. The average Bonchev–Trinajstić information content (AvgIpc) is 3.14. The Morgan fingerprint density at radius 3 is 2.65 bits per heavy atom. The first-order valence-corrected chi connectivity index (χ1v) is 11.6. The highest BCUT2D eigenvalue weighted by Crippen LogP contribution is 2.32. The second-order valence-electron chi connectivity index (χ2n) is 6.96. The van der Waals surface area contributed by atoms with Crippen molar-refractivity contribution in [2.45, 2.75) is 11.0 Å². The van der Waals surface area contributed by atoms with Crippen LogP contribution in [-0.4, -0.2) is 55.3 Å². The molecule has 2 amide bonds. The lowest BCUT2D eigenvalue weighted by atomic mass is 10.2. The molecule has 0 spiro atoms. The molecule has 2 heterocycles. The third kappa shape index (κ3) is 4.22. The number of halogens is 1. The van der Waals surface area contributed by atoms with Crippen LogP contribution in [0.5, 0.6) is 0 Å². The maximum atomic E-state index is 13.5. The van der Waals surface area contributed by atoms with Crippen LogP contribution in [0.3, 0.4) is 0 Å². The number of carbonyl (C=O) groups is 2. The van der Waals surface area contributed by atoms with Gasteiger partial charge in [-0.3, -0.25) is 9.59 Å². The summed E-state index contributed by atoms with van der Waals surface area (Å²) >= 11 is 3.32. The molecule has 4 N–H and O–H groups in total. The molecule has 0 aliphatic carbocycles. The molecule has 2 aromatic carbocycles. The number of morpholine rings is 1. The van der Waals surface area contributed by atoms with Crippen molar-refractivity contribution in [1.82, 2.24) is 9.29 Å². The topological polar surface area (TPSA) is 135 Å². The second kappa shape index (κ2) is 8.42. The van der Waals surface area contributed by atoms with Gasteiger partial charge in [-0.2, -0.15) is 4.31 Å². The Morgan fingerprint density at radius 1 is 1.19 bits per heavy atom. The summed E-state index contributed by atoms with van der Waals surface area (Å²) in [5.74, 6) is -1.35. The summed E-state index contributed by atoms with van der Waals surface area (Å²) in [6.07, 6.45) is -1.00. The number of primary amides is 1. The Morgan fingerprint density at radius 2 is 1.94 bits per heavy atom. The van der Waals surface area contributed by atoms with E-state index < -0.39 is 27.9 Å². The van der Waals surface area contributed by atoms with E-state index in [4.69, 9.17) is 10.5 Å². The number of anilines is 1. The van der Waals surface area contributed by atoms with E-state index in [1.165, 1.54) is 0 Å². The molecule has 1 saturated heterocycles. The highest BCUT2D eigenvalue weighted by molar-refractivity contribution is 9.10. The molecule has 9 nitrogen and oxygen atoms in total. The van der Waals surface area contributed by atoms with Gasteiger partial charge in [-0.25, -0.2) is 8.42 Å². The van der Waals surface area contributed by atoms with Crippen LogP contribution in [0.15, 0.2) is 57.9 Å². The number of nitrogens with zero attached hydrogens (tertiary/aromatic N) is 1. The zero-order valence-corrected chi connectivity index (χ0v) is 18.6. The fraction of sp³-hybridized carbons (Fsp3) is 0.200. The Kier molecular flexibility index (Phi) is 5.84. The van der Waals surface area contributed by atoms with Gasteiger partial charge in [0, 0.05) is 34.2 Å². The number of nitrogens with one attached hydrogen (secondary N) is 2. The molecule has 3 aromatic rings. The van der Waals surface area contributed by atoms with Crippen molar-refractivity contribution in [2.75, 3.05) is 25.0 Å². The summed E-state index contributed by atoms with van der Waals surface area (Å²) < 4.78 is 34.3. The number of aromatic amines is 1. The summed E-state index contributed by atoms with van der Waals surface area (Å²) in [6, 6.07) is 13.8. The first kappa shape index (κ1) is 21.5. The molecule has 162 valence electrons. The van der Waals surface area contributed by atoms with Gasteiger partial charge in [0.2, 0.25) is 10.0 Å². The SMILES string of the molecule is NC(=O)c1[nH]c2ccc(Br)cc2c1S(=O)(=O)N1CCOC(C(=O)Nc2ccccc2)C1. The van der Waals surface area contributed by atoms with Crippen molar-refractivity contribution in [3.05, 3.63) is 58.7 Å². The quantitative estimate of drug-likeness (QED) is 0.486. The Bertz CT molecular complexity index is 1260. The van der Waals surface area contributed by atoms with E-state index in [0.717, 1.165) is 4.31 Å². The minimum atomic E-state index is -4.16. The van der Waals surface area contributed by atoms with Gasteiger partial charge in [-0.15, -0.1) is 0 Å². The van der Waals surface area contributed by atoms with Gasteiger partial charge in [0.05, 0.1) is 6.61 Å². The number of sulfonamides is 1. The highest BCUT2D eigenvalue weighted by Gasteiger charge is 2.37. The Labute approximate surface area is 186 Å². The van der Waals surface area contributed by atoms with E-state index in [9.17, 15) is 18.0 Å². The van der Waals surface area contributed by atoms with Gasteiger partial charge in [0.1, 0.15) is 16.7 Å². The maximum Gasteiger partial charge on any atom is 0.266 e. The maximum absolute atomic E-state index is 13.5. The lowest BCUT2D eigenvalue weighted by molar-refractivity contribution is -0.130. The molecular weight excluding hydrogens is 488 g/mol. The summed E-state index contributed by atoms with van der Waals surface area (Å²) in [7, 11) is -4.16. The predicted octanol–water partition coefficient (Wildman–Crippen LogP) is 2.06. The van der Waals surface area contributed by atoms with E-state index >= 15 is 0 Å². The van der Waals surface area contributed by atoms with Crippen LogP contribution in [0, 0.1) is 0 Å². The summed E-state index contributed by atoms with van der Waals surface area (Å²) in [6.45, 7) is -0.125. The van der Waals surface area contributed by atoms with E-state index in [0.29, 0.717) is 21.1 Å². The molecule has 1 atom stereocenters. The van der Waals surface area contributed by atoms with Gasteiger partial charge >= 0.3 is 0 Å². The van der Waals surface area contributed by atoms with E-state index in [1.54, 1.807) is 42.5 Å². The number of benzene rings is 2. The molecule has 1 aliphatic rings. The second-order valence-corrected chi connectivity index (χ2v) is 9.75. The van der Waals surface area contributed by atoms with Gasteiger partial charge in [0.25, 0.3) is 11.8 Å². The van der Waals surface area contributed by atoms with Crippen molar-refractivity contribution in [3.8, 4) is 0 Å². The number of hydrogen-bond acceptors (Lipinski definition) is 5. The summed E-state index contributed by atoms with van der Waals surface area (Å²) in [5, 5.41) is 3.05. The van der Waals surface area contributed by atoms with E-state index in [2.05, 4.69) is 26.2 Å².